The molecule has 1 aromatic carbocycles. The number of likely N-dealkylation sites (tertiary alicyclic amines) is 1. The van der Waals surface area contributed by atoms with Gasteiger partial charge in [-0.15, -0.1) is 0 Å². The number of carbonyl (C=O) groups excluding carboxylic acids is 2. The highest BCUT2D eigenvalue weighted by atomic mass is 16.5. The molecule has 2 aliphatic heterocycles. The summed E-state index contributed by atoms with van der Waals surface area (Å²) < 4.78 is 15.9. The van der Waals surface area contributed by atoms with Gasteiger partial charge in [0.2, 0.25) is 0 Å². The van der Waals surface area contributed by atoms with E-state index in [0.717, 1.165) is 49.5 Å². The quantitative estimate of drug-likeness (QED) is 0.541. The normalized spacial score (nSPS) is 22.0. The third-order valence-corrected chi connectivity index (χ3v) is 6.81. The fraction of sp³-hybridized carbons (Fsp3) is 0.462. The van der Waals surface area contributed by atoms with Crippen LogP contribution in [0.25, 0.3) is 6.08 Å². The number of nitrogens with zero attached hydrogens (tertiary/aromatic N) is 2. The molecule has 0 spiro atoms. The molecular formula is C26H33N3O5. The van der Waals surface area contributed by atoms with Crippen molar-refractivity contribution in [2.75, 3.05) is 47.0 Å². The molecule has 0 saturated carbocycles. The van der Waals surface area contributed by atoms with Crippen LogP contribution < -0.4 is 10.1 Å². The molecule has 2 fully saturated rings. The lowest BCUT2D eigenvalue weighted by atomic mass is 9.74. The van der Waals surface area contributed by atoms with Gasteiger partial charge in [-0.2, -0.15) is 0 Å². The number of furan rings is 1. The minimum Gasteiger partial charge on any atom is -0.497 e. The van der Waals surface area contributed by atoms with Gasteiger partial charge in [-0.25, -0.2) is 4.79 Å². The van der Waals surface area contributed by atoms with Gasteiger partial charge < -0.3 is 19.2 Å². The molecule has 8 heteroatoms. The van der Waals surface area contributed by atoms with Crippen molar-refractivity contribution >= 4 is 18.0 Å². The Balaban J connectivity index is 1.49. The van der Waals surface area contributed by atoms with Crippen LogP contribution in [0, 0.1) is 5.92 Å². The van der Waals surface area contributed by atoms with Crippen LogP contribution in [-0.4, -0.2) is 74.3 Å². The number of piperidine rings is 1. The molecule has 1 N–H and O–H groups in total. The molecule has 34 heavy (non-hydrogen) atoms. The summed E-state index contributed by atoms with van der Waals surface area (Å²) >= 11 is 0. The zero-order valence-electron chi connectivity index (χ0n) is 19.9. The largest absolute Gasteiger partial charge is 0.497 e. The van der Waals surface area contributed by atoms with Gasteiger partial charge in [-0.3, -0.25) is 14.6 Å². The lowest BCUT2D eigenvalue weighted by Crippen LogP contribution is -2.57. The molecule has 3 heterocycles. The Kier molecular flexibility index (Phi) is 7.70. The Morgan fingerprint density at radius 2 is 2.00 bits per heavy atom. The lowest BCUT2D eigenvalue weighted by Gasteiger charge is -2.41. The number of nitrogens with one attached hydrogen (secondary N) is 1. The van der Waals surface area contributed by atoms with E-state index in [9.17, 15) is 9.59 Å². The predicted molar refractivity (Wildman–Crippen MR) is 128 cm³/mol. The lowest BCUT2D eigenvalue weighted by molar-refractivity contribution is -0.134. The molecule has 1 atom stereocenters. The molecule has 1 aromatic heterocycles. The maximum Gasteiger partial charge on any atom is 0.325 e. The molecule has 0 radical (unpaired) electrons. The topological polar surface area (TPSA) is 84.2 Å². The smallest absolute Gasteiger partial charge is 0.325 e. The third kappa shape index (κ3) is 5.18. The second-order valence-corrected chi connectivity index (χ2v) is 8.87. The number of hydrogen-bond acceptors (Lipinski definition) is 6. The van der Waals surface area contributed by atoms with E-state index in [-0.39, 0.29) is 24.4 Å². The Hall–Kier alpha value is -3.10. The average molecular weight is 468 g/mol. The van der Waals surface area contributed by atoms with Gasteiger partial charge >= 0.3 is 6.03 Å². The number of urea groups is 1. The summed E-state index contributed by atoms with van der Waals surface area (Å²) in [5.74, 6) is 1.45. The van der Waals surface area contributed by atoms with Crippen LogP contribution in [0.15, 0.2) is 53.2 Å². The van der Waals surface area contributed by atoms with E-state index in [4.69, 9.17) is 13.9 Å². The van der Waals surface area contributed by atoms with Crippen molar-refractivity contribution in [3.8, 4) is 5.75 Å². The van der Waals surface area contributed by atoms with Crippen molar-refractivity contribution in [3.63, 3.8) is 0 Å². The van der Waals surface area contributed by atoms with Gasteiger partial charge in [-0.1, -0.05) is 18.2 Å². The number of rotatable bonds is 10. The highest BCUT2D eigenvalue weighted by Gasteiger charge is 2.55. The number of hydrogen-bond donors (Lipinski definition) is 1. The monoisotopic (exact) mass is 467 g/mol. The van der Waals surface area contributed by atoms with Gasteiger partial charge in [-0.05, 0) is 67.8 Å². The summed E-state index contributed by atoms with van der Waals surface area (Å²) in [6.07, 6.45) is 7.81. The molecule has 4 rings (SSSR count). The molecule has 2 saturated heterocycles. The fourth-order valence-corrected chi connectivity index (χ4v) is 4.99. The van der Waals surface area contributed by atoms with Gasteiger partial charge in [0.1, 0.15) is 17.0 Å². The summed E-state index contributed by atoms with van der Waals surface area (Å²) in [6, 6.07) is 11.2. The first kappa shape index (κ1) is 24.0. The van der Waals surface area contributed by atoms with Crippen molar-refractivity contribution in [1.29, 1.82) is 0 Å². The predicted octanol–water partition coefficient (Wildman–Crippen LogP) is 3.19. The van der Waals surface area contributed by atoms with E-state index in [1.165, 1.54) is 4.90 Å². The molecule has 3 amide bonds. The first-order valence-electron chi connectivity index (χ1n) is 11.7. The van der Waals surface area contributed by atoms with E-state index in [2.05, 4.69) is 16.3 Å². The summed E-state index contributed by atoms with van der Waals surface area (Å²) in [6.45, 7) is 3.09. The van der Waals surface area contributed by atoms with Crippen LogP contribution in [0.1, 0.15) is 24.2 Å². The minimum atomic E-state index is -0.965. The minimum absolute atomic E-state index is 0.0352. The van der Waals surface area contributed by atoms with E-state index in [0.29, 0.717) is 13.0 Å². The Labute approximate surface area is 200 Å². The summed E-state index contributed by atoms with van der Waals surface area (Å²) in [5, 5.41) is 3.10. The van der Waals surface area contributed by atoms with Crippen molar-refractivity contribution in [2.45, 2.75) is 24.8 Å². The number of amides is 3. The zero-order chi connectivity index (χ0) is 24.0. The second-order valence-electron chi connectivity index (χ2n) is 8.87. The molecule has 0 bridgehead atoms. The van der Waals surface area contributed by atoms with Crippen LogP contribution in [0.2, 0.25) is 0 Å². The highest BCUT2D eigenvalue weighted by molar-refractivity contribution is 6.07. The van der Waals surface area contributed by atoms with Crippen LogP contribution in [0.5, 0.6) is 5.75 Å². The number of carbonyl (C=O) groups is 2. The van der Waals surface area contributed by atoms with Gasteiger partial charge in [0.25, 0.3) is 5.91 Å². The maximum absolute atomic E-state index is 13.7. The number of benzene rings is 1. The van der Waals surface area contributed by atoms with E-state index in [1.807, 2.05) is 42.5 Å². The second kappa shape index (κ2) is 10.9. The maximum atomic E-state index is 13.7. The van der Waals surface area contributed by atoms with Crippen molar-refractivity contribution in [2.24, 2.45) is 5.92 Å². The molecule has 0 aliphatic carbocycles. The Morgan fingerprint density at radius 3 is 2.71 bits per heavy atom. The Morgan fingerprint density at radius 1 is 1.18 bits per heavy atom. The van der Waals surface area contributed by atoms with Crippen LogP contribution in [-0.2, 0) is 16.0 Å². The summed E-state index contributed by atoms with van der Waals surface area (Å²) in [4.78, 5) is 30.2. The highest BCUT2D eigenvalue weighted by Crippen LogP contribution is 2.37. The molecule has 2 aliphatic rings. The third-order valence-electron chi connectivity index (χ3n) is 6.81. The standard InChI is InChI=1S/C26H33N3O5/c1-32-17-15-29-24(30)26(27-25(29)31,19-20-6-3-7-23(18-20)33-2)21-10-13-28(14-11-21)12-4-8-22-9-5-16-34-22/h3-9,16,18,21H,10-15,17,19H2,1-2H3,(H,27,31)/b8-4+. The summed E-state index contributed by atoms with van der Waals surface area (Å²) in [7, 11) is 3.19. The molecule has 2 aromatic rings. The van der Waals surface area contributed by atoms with Gasteiger partial charge in [0.05, 0.1) is 26.5 Å². The van der Waals surface area contributed by atoms with Gasteiger partial charge in [0.15, 0.2) is 0 Å². The molecule has 1 unspecified atom stereocenters. The van der Waals surface area contributed by atoms with E-state index in [1.54, 1.807) is 20.5 Å². The first-order valence-corrected chi connectivity index (χ1v) is 11.7. The van der Waals surface area contributed by atoms with Crippen molar-refractivity contribution < 1.29 is 23.5 Å². The average Bonchev–Trinajstić information content (AvgIpc) is 3.45. The van der Waals surface area contributed by atoms with E-state index >= 15 is 0 Å². The van der Waals surface area contributed by atoms with Gasteiger partial charge in [0, 0.05) is 20.1 Å². The first-order chi connectivity index (χ1) is 16.6. The SMILES string of the molecule is COCCN1C(=O)NC(Cc2cccc(OC)c2)(C2CCN(C/C=C/c3ccco3)CC2)C1=O. The summed E-state index contributed by atoms with van der Waals surface area (Å²) in [5.41, 5.74) is -0.00166. The fourth-order valence-electron chi connectivity index (χ4n) is 4.99. The Bertz CT molecular complexity index is 998. The van der Waals surface area contributed by atoms with Crippen molar-refractivity contribution in [1.82, 2.24) is 15.1 Å². The molecule has 8 nitrogen and oxygen atoms in total. The van der Waals surface area contributed by atoms with Crippen LogP contribution in [0.3, 0.4) is 0 Å². The molecule has 182 valence electrons. The van der Waals surface area contributed by atoms with E-state index < -0.39 is 5.54 Å². The number of ether oxygens (including phenoxy) is 2. The molecular weight excluding hydrogens is 434 g/mol. The van der Waals surface area contributed by atoms with Crippen LogP contribution in [0.4, 0.5) is 4.79 Å². The van der Waals surface area contributed by atoms with Crippen molar-refractivity contribution in [3.05, 3.63) is 60.1 Å². The number of imide groups is 1. The number of methoxy groups -OCH3 is 2. The zero-order valence-corrected chi connectivity index (χ0v) is 19.9. The van der Waals surface area contributed by atoms with Crippen LogP contribution >= 0.6 is 0 Å².